The van der Waals surface area contributed by atoms with Gasteiger partial charge in [-0.05, 0) is 61.2 Å². The lowest BCUT2D eigenvalue weighted by Crippen LogP contribution is -2.46. The van der Waals surface area contributed by atoms with Gasteiger partial charge in [0.2, 0.25) is 5.91 Å². The number of carbonyl (C=O) groups excluding carboxylic acids is 1. The van der Waals surface area contributed by atoms with Crippen LogP contribution in [0, 0.1) is 0 Å². The quantitative estimate of drug-likeness (QED) is 0.408. The second-order valence-electron chi connectivity index (χ2n) is 9.97. The van der Waals surface area contributed by atoms with Gasteiger partial charge in [-0.25, -0.2) is 0 Å². The molecule has 0 N–H and O–H groups in total. The molecule has 1 unspecified atom stereocenters. The highest BCUT2D eigenvalue weighted by atomic mass is 35.5. The lowest BCUT2D eigenvalue weighted by atomic mass is 9.99. The standard InChI is InChI=1S/C29H36ClN5O2/c30-25-7-4-9-27(21-25)33-17-15-32(16-18-33)22-24-6-3-10-28(20-24)37-19-11-26-8-1-2-14-35(26)29(36)23-34-13-5-12-31-34/h3-7,9-10,12-13,20-21,26H,1-2,8,11,14-19,22-23H2. The van der Waals surface area contributed by atoms with Crippen molar-refractivity contribution in [1.29, 1.82) is 0 Å². The zero-order valence-electron chi connectivity index (χ0n) is 21.3. The average Bonchev–Trinajstić information content (AvgIpc) is 3.43. The van der Waals surface area contributed by atoms with Gasteiger partial charge in [0.1, 0.15) is 12.3 Å². The molecule has 8 heteroatoms. The largest absolute Gasteiger partial charge is 0.494 e. The van der Waals surface area contributed by atoms with Crippen LogP contribution in [-0.2, 0) is 17.9 Å². The van der Waals surface area contributed by atoms with E-state index in [4.69, 9.17) is 16.3 Å². The van der Waals surface area contributed by atoms with Crippen LogP contribution in [0.1, 0.15) is 31.2 Å². The first-order valence-electron chi connectivity index (χ1n) is 13.4. The molecule has 0 bridgehead atoms. The summed E-state index contributed by atoms with van der Waals surface area (Å²) in [6, 6.07) is 18.6. The molecule has 1 aromatic heterocycles. The number of piperidine rings is 1. The first kappa shape index (κ1) is 25.6. The number of aromatic nitrogens is 2. The van der Waals surface area contributed by atoms with Crippen LogP contribution in [-0.4, -0.2) is 70.9 Å². The minimum absolute atomic E-state index is 0.144. The Morgan fingerprint density at radius 2 is 1.86 bits per heavy atom. The SMILES string of the molecule is O=C(Cn1cccn1)N1CCCCC1CCOc1cccc(CN2CCN(c3cccc(Cl)c3)CC2)c1. The number of amides is 1. The second kappa shape index (κ2) is 12.5. The van der Waals surface area contributed by atoms with Gasteiger partial charge in [-0.1, -0.05) is 29.8 Å². The highest BCUT2D eigenvalue weighted by Crippen LogP contribution is 2.23. The number of halogens is 1. The molecule has 3 heterocycles. The Bertz CT molecular complexity index is 1150. The van der Waals surface area contributed by atoms with Crippen molar-refractivity contribution in [1.82, 2.24) is 19.6 Å². The van der Waals surface area contributed by atoms with Crippen LogP contribution in [0.15, 0.2) is 67.0 Å². The van der Waals surface area contributed by atoms with Gasteiger partial charge >= 0.3 is 0 Å². The molecule has 1 amide bonds. The van der Waals surface area contributed by atoms with E-state index < -0.39 is 0 Å². The summed E-state index contributed by atoms with van der Waals surface area (Å²) >= 11 is 6.17. The van der Waals surface area contributed by atoms with Crippen molar-refractivity contribution in [3.05, 3.63) is 77.6 Å². The smallest absolute Gasteiger partial charge is 0.244 e. The van der Waals surface area contributed by atoms with E-state index in [1.54, 1.807) is 10.9 Å². The van der Waals surface area contributed by atoms with Crippen LogP contribution in [0.25, 0.3) is 0 Å². The second-order valence-corrected chi connectivity index (χ2v) is 10.4. The van der Waals surface area contributed by atoms with Crippen LogP contribution >= 0.6 is 11.6 Å². The highest BCUT2D eigenvalue weighted by molar-refractivity contribution is 6.30. The number of hydrogen-bond acceptors (Lipinski definition) is 5. The molecule has 0 radical (unpaired) electrons. The molecular formula is C29H36ClN5O2. The van der Waals surface area contributed by atoms with Crippen molar-refractivity contribution in [2.75, 3.05) is 44.2 Å². The third-order valence-corrected chi connectivity index (χ3v) is 7.61. The fourth-order valence-corrected chi connectivity index (χ4v) is 5.58. The summed E-state index contributed by atoms with van der Waals surface area (Å²) in [5.74, 6) is 1.05. The summed E-state index contributed by atoms with van der Waals surface area (Å²) < 4.78 is 7.87. The summed E-state index contributed by atoms with van der Waals surface area (Å²) in [5.41, 5.74) is 2.46. The van der Waals surface area contributed by atoms with Gasteiger partial charge in [0.05, 0.1) is 6.61 Å². The van der Waals surface area contributed by atoms with Gasteiger partial charge in [-0.3, -0.25) is 14.4 Å². The number of rotatable bonds is 9. The van der Waals surface area contributed by atoms with Gasteiger partial charge in [-0.2, -0.15) is 5.10 Å². The van der Waals surface area contributed by atoms with Crippen LogP contribution in [0.4, 0.5) is 5.69 Å². The Morgan fingerprint density at radius 3 is 2.68 bits per heavy atom. The van der Waals surface area contributed by atoms with Crippen LogP contribution in [0.5, 0.6) is 5.75 Å². The highest BCUT2D eigenvalue weighted by Gasteiger charge is 2.26. The van der Waals surface area contributed by atoms with E-state index in [1.165, 1.54) is 11.3 Å². The molecule has 0 saturated carbocycles. The summed E-state index contributed by atoms with van der Waals surface area (Å²) in [4.78, 5) is 19.8. The molecule has 37 heavy (non-hydrogen) atoms. The molecule has 196 valence electrons. The average molecular weight is 522 g/mol. The Labute approximate surface area is 224 Å². The van der Waals surface area contributed by atoms with Gasteiger partial charge < -0.3 is 14.5 Å². The summed E-state index contributed by atoms with van der Waals surface area (Å²) in [7, 11) is 0. The van der Waals surface area contributed by atoms with E-state index >= 15 is 0 Å². The number of benzene rings is 2. The van der Waals surface area contributed by atoms with Crippen LogP contribution in [0.2, 0.25) is 5.02 Å². The molecular weight excluding hydrogens is 486 g/mol. The lowest BCUT2D eigenvalue weighted by molar-refractivity contribution is -0.136. The predicted octanol–water partition coefficient (Wildman–Crippen LogP) is 4.71. The number of nitrogens with zero attached hydrogens (tertiary/aromatic N) is 5. The molecule has 0 spiro atoms. The maximum atomic E-state index is 12.9. The number of carbonyl (C=O) groups is 1. The zero-order chi connectivity index (χ0) is 25.5. The summed E-state index contributed by atoms with van der Waals surface area (Å²) in [5, 5.41) is 4.97. The predicted molar refractivity (Wildman–Crippen MR) is 147 cm³/mol. The molecule has 0 aliphatic carbocycles. The number of piperazine rings is 1. The molecule has 2 aliphatic heterocycles. The van der Waals surface area contributed by atoms with Crippen molar-refractivity contribution in [3.63, 3.8) is 0 Å². The molecule has 2 aliphatic rings. The van der Waals surface area contributed by atoms with Gasteiger partial charge in [0.25, 0.3) is 0 Å². The van der Waals surface area contributed by atoms with E-state index in [2.05, 4.69) is 39.2 Å². The van der Waals surface area contributed by atoms with E-state index in [0.717, 1.165) is 75.7 Å². The molecule has 1 atom stereocenters. The number of anilines is 1. The van der Waals surface area contributed by atoms with Crippen molar-refractivity contribution in [2.45, 2.75) is 44.8 Å². The topological polar surface area (TPSA) is 53.8 Å². The number of hydrogen-bond donors (Lipinski definition) is 0. The number of likely N-dealkylation sites (tertiary alicyclic amines) is 1. The molecule has 2 saturated heterocycles. The normalized spacial score (nSPS) is 18.7. The van der Waals surface area contributed by atoms with E-state index in [9.17, 15) is 4.79 Å². The third kappa shape index (κ3) is 7.05. The van der Waals surface area contributed by atoms with Crippen molar-refractivity contribution < 1.29 is 9.53 Å². The summed E-state index contributed by atoms with van der Waals surface area (Å²) in [6.45, 7) is 6.67. The Balaban J connectivity index is 1.08. The fraction of sp³-hybridized carbons (Fsp3) is 0.448. The molecule has 3 aromatic rings. The Hall–Kier alpha value is -3.03. The zero-order valence-corrected chi connectivity index (χ0v) is 22.1. The number of ether oxygens (including phenoxy) is 1. The minimum atomic E-state index is 0.144. The van der Waals surface area contributed by atoms with Crippen LogP contribution in [0.3, 0.4) is 0 Å². The van der Waals surface area contributed by atoms with Crippen LogP contribution < -0.4 is 9.64 Å². The maximum Gasteiger partial charge on any atom is 0.244 e. The van der Waals surface area contributed by atoms with Crippen molar-refractivity contribution >= 4 is 23.2 Å². The lowest BCUT2D eigenvalue weighted by Gasteiger charge is -2.36. The van der Waals surface area contributed by atoms with Gasteiger partial charge in [-0.15, -0.1) is 0 Å². The molecule has 2 aromatic carbocycles. The first-order valence-corrected chi connectivity index (χ1v) is 13.7. The molecule has 2 fully saturated rings. The molecule has 5 rings (SSSR count). The third-order valence-electron chi connectivity index (χ3n) is 7.37. The Kier molecular flexibility index (Phi) is 8.64. The maximum absolute atomic E-state index is 12.9. The van der Waals surface area contributed by atoms with Crippen molar-refractivity contribution in [3.8, 4) is 5.75 Å². The van der Waals surface area contributed by atoms with E-state index in [1.807, 2.05) is 41.4 Å². The fourth-order valence-electron chi connectivity index (χ4n) is 5.39. The van der Waals surface area contributed by atoms with E-state index in [-0.39, 0.29) is 11.9 Å². The summed E-state index contributed by atoms with van der Waals surface area (Å²) in [6.07, 6.45) is 7.67. The first-order chi connectivity index (χ1) is 18.1. The van der Waals surface area contributed by atoms with Gasteiger partial charge in [0.15, 0.2) is 0 Å². The molecule has 7 nitrogen and oxygen atoms in total. The van der Waals surface area contributed by atoms with Gasteiger partial charge in [0, 0.05) is 74.8 Å². The van der Waals surface area contributed by atoms with Crippen molar-refractivity contribution in [2.24, 2.45) is 0 Å². The van der Waals surface area contributed by atoms with E-state index in [0.29, 0.717) is 13.2 Å². The Morgan fingerprint density at radius 1 is 1.00 bits per heavy atom. The monoisotopic (exact) mass is 521 g/mol. The minimum Gasteiger partial charge on any atom is -0.494 e.